The molecule has 2 heterocycles. The van der Waals surface area contributed by atoms with Gasteiger partial charge in [0.15, 0.2) is 0 Å². The maximum Gasteiger partial charge on any atom is 0.335 e. The SMILES string of the molecule is CN1CCC(N2C(=O)c3ccc(C(=O)O)cc3C2=O)C1=O. The fourth-order valence-corrected chi connectivity index (χ4v) is 2.72. The summed E-state index contributed by atoms with van der Waals surface area (Å²) in [6.45, 7) is 0.483. The van der Waals surface area contributed by atoms with E-state index in [4.69, 9.17) is 5.11 Å². The normalized spacial score (nSPS) is 21.2. The van der Waals surface area contributed by atoms with Crippen molar-refractivity contribution >= 4 is 23.7 Å². The summed E-state index contributed by atoms with van der Waals surface area (Å²) in [5.41, 5.74) is 0.126. The van der Waals surface area contributed by atoms with Gasteiger partial charge < -0.3 is 10.0 Å². The molecule has 1 aromatic rings. The van der Waals surface area contributed by atoms with Crippen LogP contribution in [0.3, 0.4) is 0 Å². The molecule has 2 aliphatic heterocycles. The summed E-state index contributed by atoms with van der Waals surface area (Å²) in [5, 5.41) is 8.95. The number of benzene rings is 1. The second kappa shape index (κ2) is 4.41. The number of likely N-dealkylation sites (N-methyl/N-ethyl adjacent to an activating group) is 1. The third-order valence-electron chi connectivity index (χ3n) is 3.88. The minimum absolute atomic E-state index is 0.0438. The van der Waals surface area contributed by atoms with Crippen molar-refractivity contribution in [3.8, 4) is 0 Å². The standard InChI is InChI=1S/C14H12N2O5/c1-15-5-4-10(13(15)19)16-11(17)8-3-2-7(14(20)21)6-9(8)12(16)18/h2-3,6,10H,4-5H2,1H3,(H,20,21). The molecule has 2 aliphatic rings. The number of carbonyl (C=O) groups is 4. The van der Waals surface area contributed by atoms with Gasteiger partial charge in [0.05, 0.1) is 16.7 Å². The number of amides is 3. The van der Waals surface area contributed by atoms with Crippen molar-refractivity contribution in [3.05, 3.63) is 34.9 Å². The van der Waals surface area contributed by atoms with Gasteiger partial charge in [-0.1, -0.05) is 0 Å². The first-order valence-electron chi connectivity index (χ1n) is 6.42. The number of fused-ring (bicyclic) bond motifs is 1. The van der Waals surface area contributed by atoms with E-state index < -0.39 is 23.8 Å². The Labute approximate surface area is 119 Å². The highest BCUT2D eigenvalue weighted by Crippen LogP contribution is 2.29. The van der Waals surface area contributed by atoms with Crippen LogP contribution in [-0.4, -0.2) is 58.2 Å². The molecule has 1 aromatic carbocycles. The minimum Gasteiger partial charge on any atom is -0.478 e. The summed E-state index contributed by atoms with van der Waals surface area (Å²) in [4.78, 5) is 50.0. The van der Waals surface area contributed by atoms with E-state index in [1.165, 1.54) is 23.1 Å². The summed E-state index contributed by atoms with van der Waals surface area (Å²) in [6.07, 6.45) is 0.395. The lowest BCUT2D eigenvalue weighted by atomic mass is 10.1. The minimum atomic E-state index is -1.17. The summed E-state index contributed by atoms with van der Waals surface area (Å²) in [5.74, 6) is -2.59. The highest BCUT2D eigenvalue weighted by molar-refractivity contribution is 6.23. The van der Waals surface area contributed by atoms with Crippen LogP contribution in [0.2, 0.25) is 0 Å². The predicted molar refractivity (Wildman–Crippen MR) is 69.9 cm³/mol. The van der Waals surface area contributed by atoms with Crippen LogP contribution >= 0.6 is 0 Å². The molecule has 1 unspecified atom stereocenters. The first-order valence-corrected chi connectivity index (χ1v) is 6.42. The third kappa shape index (κ3) is 1.81. The van der Waals surface area contributed by atoms with Gasteiger partial charge in [-0.15, -0.1) is 0 Å². The molecule has 7 nitrogen and oxygen atoms in total. The van der Waals surface area contributed by atoms with Crippen molar-refractivity contribution in [1.29, 1.82) is 0 Å². The largest absolute Gasteiger partial charge is 0.478 e. The van der Waals surface area contributed by atoms with Gasteiger partial charge in [0, 0.05) is 13.6 Å². The van der Waals surface area contributed by atoms with Crippen molar-refractivity contribution < 1.29 is 24.3 Å². The molecule has 1 saturated heterocycles. The molecule has 108 valence electrons. The molecular weight excluding hydrogens is 276 g/mol. The number of carbonyl (C=O) groups excluding carboxylic acids is 3. The van der Waals surface area contributed by atoms with Crippen LogP contribution in [0.4, 0.5) is 0 Å². The maximum absolute atomic E-state index is 12.4. The first kappa shape index (κ1) is 13.3. The molecule has 3 rings (SSSR count). The molecule has 3 amide bonds. The summed E-state index contributed by atoms with van der Waals surface area (Å²) in [6, 6.07) is 2.98. The quantitative estimate of drug-likeness (QED) is 0.785. The van der Waals surface area contributed by atoms with Crippen LogP contribution in [0.5, 0.6) is 0 Å². The Balaban J connectivity index is 2.01. The number of imide groups is 1. The van der Waals surface area contributed by atoms with Crippen LogP contribution in [-0.2, 0) is 4.79 Å². The highest BCUT2D eigenvalue weighted by Gasteiger charge is 2.45. The Morgan fingerprint density at radius 2 is 1.86 bits per heavy atom. The monoisotopic (exact) mass is 288 g/mol. The number of hydrogen-bond acceptors (Lipinski definition) is 4. The number of aromatic carboxylic acids is 1. The van der Waals surface area contributed by atoms with Gasteiger partial charge in [0.25, 0.3) is 11.8 Å². The van der Waals surface area contributed by atoms with E-state index in [0.717, 1.165) is 4.90 Å². The number of rotatable bonds is 2. The van der Waals surface area contributed by atoms with Crippen molar-refractivity contribution in [2.24, 2.45) is 0 Å². The Morgan fingerprint density at radius 3 is 2.43 bits per heavy atom. The van der Waals surface area contributed by atoms with Gasteiger partial charge in [-0.05, 0) is 24.6 Å². The van der Waals surface area contributed by atoms with E-state index in [1.54, 1.807) is 7.05 Å². The van der Waals surface area contributed by atoms with Crippen LogP contribution in [0, 0.1) is 0 Å². The molecule has 0 radical (unpaired) electrons. The van der Waals surface area contributed by atoms with E-state index >= 15 is 0 Å². The number of likely N-dealkylation sites (tertiary alicyclic amines) is 1. The Morgan fingerprint density at radius 1 is 1.19 bits per heavy atom. The van der Waals surface area contributed by atoms with E-state index in [1.807, 2.05) is 0 Å². The van der Waals surface area contributed by atoms with Crippen LogP contribution in [0.25, 0.3) is 0 Å². The summed E-state index contributed by atoms with van der Waals surface area (Å²) >= 11 is 0. The second-order valence-electron chi connectivity index (χ2n) is 5.11. The molecular formula is C14H12N2O5. The molecule has 0 spiro atoms. The Bertz CT molecular complexity index is 697. The molecule has 0 aliphatic carbocycles. The van der Waals surface area contributed by atoms with Gasteiger partial charge in [-0.3, -0.25) is 19.3 Å². The van der Waals surface area contributed by atoms with Crippen LogP contribution in [0.15, 0.2) is 18.2 Å². The van der Waals surface area contributed by atoms with Crippen molar-refractivity contribution in [2.75, 3.05) is 13.6 Å². The van der Waals surface area contributed by atoms with E-state index in [2.05, 4.69) is 0 Å². The second-order valence-corrected chi connectivity index (χ2v) is 5.11. The molecule has 7 heteroatoms. The number of carboxylic acids is 1. The van der Waals surface area contributed by atoms with Crippen LogP contribution < -0.4 is 0 Å². The molecule has 1 atom stereocenters. The van der Waals surface area contributed by atoms with Gasteiger partial charge >= 0.3 is 5.97 Å². The summed E-state index contributed by atoms with van der Waals surface area (Å²) in [7, 11) is 1.61. The van der Waals surface area contributed by atoms with Crippen molar-refractivity contribution in [3.63, 3.8) is 0 Å². The molecule has 0 bridgehead atoms. The van der Waals surface area contributed by atoms with Crippen molar-refractivity contribution in [2.45, 2.75) is 12.5 Å². The molecule has 21 heavy (non-hydrogen) atoms. The third-order valence-corrected chi connectivity index (χ3v) is 3.88. The fourth-order valence-electron chi connectivity index (χ4n) is 2.72. The number of carboxylic acid groups (broad SMARTS) is 1. The average molecular weight is 288 g/mol. The smallest absolute Gasteiger partial charge is 0.335 e. The number of nitrogens with zero attached hydrogens (tertiary/aromatic N) is 2. The van der Waals surface area contributed by atoms with E-state index in [9.17, 15) is 19.2 Å². The lowest BCUT2D eigenvalue weighted by Crippen LogP contribution is -2.44. The maximum atomic E-state index is 12.4. The zero-order valence-electron chi connectivity index (χ0n) is 11.2. The Kier molecular flexibility index (Phi) is 2.79. The van der Waals surface area contributed by atoms with Crippen molar-refractivity contribution in [1.82, 2.24) is 9.80 Å². The van der Waals surface area contributed by atoms with Gasteiger partial charge in [-0.2, -0.15) is 0 Å². The topological polar surface area (TPSA) is 95.0 Å². The lowest BCUT2D eigenvalue weighted by Gasteiger charge is -2.20. The number of hydrogen-bond donors (Lipinski definition) is 1. The first-order chi connectivity index (χ1) is 9.91. The Hall–Kier alpha value is -2.70. The van der Waals surface area contributed by atoms with Gasteiger partial charge in [0.1, 0.15) is 6.04 Å². The predicted octanol–water partition coefficient (Wildman–Crippen LogP) is 0.212. The van der Waals surface area contributed by atoms with E-state index in [0.29, 0.717) is 13.0 Å². The van der Waals surface area contributed by atoms with Gasteiger partial charge in [-0.25, -0.2) is 4.79 Å². The summed E-state index contributed by atoms with van der Waals surface area (Å²) < 4.78 is 0. The molecule has 1 fully saturated rings. The molecule has 1 N–H and O–H groups in total. The van der Waals surface area contributed by atoms with Gasteiger partial charge in [0.2, 0.25) is 5.91 Å². The zero-order valence-corrected chi connectivity index (χ0v) is 11.2. The lowest BCUT2D eigenvalue weighted by molar-refractivity contribution is -0.129. The van der Waals surface area contributed by atoms with E-state index in [-0.39, 0.29) is 22.6 Å². The average Bonchev–Trinajstić information content (AvgIpc) is 2.90. The molecule has 0 aromatic heterocycles. The fraction of sp³-hybridized carbons (Fsp3) is 0.286. The highest BCUT2D eigenvalue weighted by atomic mass is 16.4. The zero-order chi connectivity index (χ0) is 15.3. The molecule has 0 saturated carbocycles. The van der Waals surface area contributed by atoms with Crippen LogP contribution in [0.1, 0.15) is 37.5 Å².